The van der Waals surface area contributed by atoms with Gasteiger partial charge in [0.05, 0.1) is 0 Å². The minimum absolute atomic E-state index is 0.221. The Morgan fingerprint density at radius 2 is 2.15 bits per heavy atom. The van der Waals surface area contributed by atoms with Gasteiger partial charge in [-0.1, -0.05) is 6.92 Å². The van der Waals surface area contributed by atoms with Crippen molar-refractivity contribution >= 4 is 11.0 Å². The summed E-state index contributed by atoms with van der Waals surface area (Å²) >= 11 is 0. The van der Waals surface area contributed by atoms with E-state index < -0.39 is 6.10 Å². The van der Waals surface area contributed by atoms with Crippen LogP contribution in [0, 0.1) is 5.92 Å². The topological polar surface area (TPSA) is 62.9 Å². The van der Waals surface area contributed by atoms with Crippen LogP contribution < -0.4 is 10.4 Å². The highest BCUT2D eigenvalue weighted by Crippen LogP contribution is 2.29. The minimum Gasteiger partial charge on any atom is -0.491 e. The molecular formula is C21H27NO4. The van der Waals surface area contributed by atoms with Crippen LogP contribution in [0.5, 0.6) is 5.75 Å². The van der Waals surface area contributed by atoms with Gasteiger partial charge in [-0.3, -0.25) is 0 Å². The lowest BCUT2D eigenvalue weighted by Crippen LogP contribution is -2.41. The average molecular weight is 357 g/mol. The van der Waals surface area contributed by atoms with Crippen LogP contribution in [0.3, 0.4) is 0 Å². The number of hydrogen-bond donors (Lipinski definition) is 1. The van der Waals surface area contributed by atoms with Crippen LogP contribution in [0.15, 0.2) is 27.4 Å². The van der Waals surface area contributed by atoms with Gasteiger partial charge in [-0.15, -0.1) is 0 Å². The lowest BCUT2D eigenvalue weighted by Gasteiger charge is -2.32. The molecule has 1 fully saturated rings. The number of nitrogens with zero attached hydrogens (tertiary/aromatic N) is 1. The number of fused-ring (bicyclic) bond motifs is 3. The molecule has 0 radical (unpaired) electrons. The van der Waals surface area contributed by atoms with E-state index in [1.54, 1.807) is 6.07 Å². The van der Waals surface area contributed by atoms with Crippen LogP contribution >= 0.6 is 0 Å². The van der Waals surface area contributed by atoms with Crippen LogP contribution in [0.2, 0.25) is 0 Å². The Hall–Kier alpha value is -1.85. The molecule has 5 nitrogen and oxygen atoms in total. The molecule has 140 valence electrons. The third kappa shape index (κ3) is 3.64. The Morgan fingerprint density at radius 1 is 1.31 bits per heavy atom. The normalized spacial score (nSPS) is 21.7. The fraction of sp³-hybridized carbons (Fsp3) is 0.571. The maximum atomic E-state index is 12.1. The molecule has 5 heteroatoms. The third-order valence-electron chi connectivity index (χ3n) is 5.60. The maximum Gasteiger partial charge on any atom is 0.339 e. The van der Waals surface area contributed by atoms with Crippen molar-refractivity contribution < 1.29 is 14.3 Å². The Morgan fingerprint density at radius 3 is 3.00 bits per heavy atom. The van der Waals surface area contributed by atoms with Crippen molar-refractivity contribution in [3.63, 3.8) is 0 Å². The fourth-order valence-electron chi connectivity index (χ4n) is 4.35. The van der Waals surface area contributed by atoms with Gasteiger partial charge >= 0.3 is 5.63 Å². The molecule has 2 atom stereocenters. The number of benzene rings is 1. The molecule has 1 aliphatic heterocycles. The van der Waals surface area contributed by atoms with Crippen molar-refractivity contribution in [2.75, 3.05) is 26.2 Å². The molecule has 1 N–H and O–H groups in total. The summed E-state index contributed by atoms with van der Waals surface area (Å²) in [7, 11) is 0. The summed E-state index contributed by atoms with van der Waals surface area (Å²) in [5.74, 6) is 1.33. The van der Waals surface area contributed by atoms with Gasteiger partial charge < -0.3 is 19.2 Å². The summed E-state index contributed by atoms with van der Waals surface area (Å²) in [6.07, 6.45) is 4.71. The lowest BCUT2D eigenvalue weighted by atomic mass is 10.0. The van der Waals surface area contributed by atoms with Gasteiger partial charge in [-0.05, 0) is 62.3 Å². The Kier molecular flexibility index (Phi) is 5.00. The number of hydrogen-bond acceptors (Lipinski definition) is 5. The summed E-state index contributed by atoms with van der Waals surface area (Å²) in [5.41, 5.74) is 2.31. The van der Waals surface area contributed by atoms with Crippen LogP contribution in [0.1, 0.15) is 37.3 Å². The molecule has 2 aromatic rings. The maximum absolute atomic E-state index is 12.1. The SMILES string of the molecule is C[C@@H]1CCCN(C[C@H](O)COc2ccc3c4c(c(=O)oc3c2)CCC4)C1. The van der Waals surface area contributed by atoms with Gasteiger partial charge in [0.15, 0.2) is 0 Å². The number of ether oxygens (including phenoxy) is 1. The lowest BCUT2D eigenvalue weighted by molar-refractivity contribution is 0.0537. The Balaban J connectivity index is 1.41. The smallest absolute Gasteiger partial charge is 0.339 e. The molecule has 0 saturated carbocycles. The second-order valence-electron chi connectivity index (χ2n) is 7.83. The van der Waals surface area contributed by atoms with Crippen molar-refractivity contribution in [1.29, 1.82) is 0 Å². The monoisotopic (exact) mass is 357 g/mol. The molecule has 1 aromatic carbocycles. The van der Waals surface area contributed by atoms with E-state index in [1.807, 2.05) is 12.1 Å². The summed E-state index contributed by atoms with van der Waals surface area (Å²) < 4.78 is 11.2. The quantitative estimate of drug-likeness (QED) is 0.834. The van der Waals surface area contributed by atoms with Gasteiger partial charge in [-0.2, -0.15) is 0 Å². The zero-order valence-corrected chi connectivity index (χ0v) is 15.4. The van der Waals surface area contributed by atoms with Gasteiger partial charge in [-0.25, -0.2) is 4.79 Å². The highest BCUT2D eigenvalue weighted by atomic mass is 16.5. The Bertz CT molecular complexity index is 844. The van der Waals surface area contributed by atoms with Gasteiger partial charge in [0.25, 0.3) is 0 Å². The predicted octanol–water partition coefficient (Wildman–Crippen LogP) is 2.75. The number of aliphatic hydroxyl groups excluding tert-OH is 1. The van der Waals surface area contributed by atoms with E-state index in [1.165, 1.54) is 12.8 Å². The first-order chi connectivity index (χ1) is 12.6. The third-order valence-corrected chi connectivity index (χ3v) is 5.60. The predicted molar refractivity (Wildman–Crippen MR) is 101 cm³/mol. The molecule has 0 spiro atoms. The molecule has 0 unspecified atom stereocenters. The zero-order chi connectivity index (χ0) is 18.1. The van der Waals surface area contributed by atoms with E-state index in [4.69, 9.17) is 9.15 Å². The summed E-state index contributed by atoms with van der Waals surface area (Å²) in [6.45, 7) is 5.23. The molecule has 1 aromatic heterocycles. The van der Waals surface area contributed by atoms with Gasteiger partial charge in [0.1, 0.15) is 24.0 Å². The van der Waals surface area contributed by atoms with Crippen molar-refractivity contribution in [3.8, 4) is 5.75 Å². The number of likely N-dealkylation sites (tertiary alicyclic amines) is 1. The van der Waals surface area contributed by atoms with Crippen molar-refractivity contribution in [1.82, 2.24) is 4.90 Å². The van der Waals surface area contributed by atoms with E-state index in [-0.39, 0.29) is 12.2 Å². The first kappa shape index (κ1) is 17.6. The largest absolute Gasteiger partial charge is 0.491 e. The van der Waals surface area contributed by atoms with Crippen molar-refractivity contribution in [3.05, 3.63) is 39.7 Å². The van der Waals surface area contributed by atoms with Crippen LogP contribution in [-0.4, -0.2) is 42.4 Å². The molecule has 1 aliphatic carbocycles. The number of aliphatic hydroxyl groups is 1. The van der Waals surface area contributed by atoms with Gasteiger partial charge in [0, 0.05) is 30.1 Å². The van der Waals surface area contributed by atoms with Crippen LogP contribution in [-0.2, 0) is 12.8 Å². The highest BCUT2D eigenvalue weighted by Gasteiger charge is 2.21. The van der Waals surface area contributed by atoms with E-state index >= 15 is 0 Å². The molecule has 26 heavy (non-hydrogen) atoms. The minimum atomic E-state index is -0.525. The number of piperidine rings is 1. The molecule has 0 amide bonds. The van der Waals surface area contributed by atoms with Crippen LogP contribution in [0.4, 0.5) is 0 Å². The molecule has 2 aliphatic rings. The van der Waals surface area contributed by atoms with E-state index in [0.717, 1.165) is 48.9 Å². The Labute approximate surface area is 153 Å². The molecule has 0 bridgehead atoms. The summed E-state index contributed by atoms with van der Waals surface area (Å²) in [5, 5.41) is 11.3. The zero-order valence-electron chi connectivity index (χ0n) is 15.4. The van der Waals surface area contributed by atoms with E-state index in [9.17, 15) is 9.90 Å². The van der Waals surface area contributed by atoms with E-state index in [0.29, 0.717) is 23.8 Å². The fourth-order valence-corrected chi connectivity index (χ4v) is 4.35. The molecular weight excluding hydrogens is 330 g/mol. The summed E-state index contributed by atoms with van der Waals surface area (Å²) in [4.78, 5) is 14.4. The highest BCUT2D eigenvalue weighted by molar-refractivity contribution is 5.83. The van der Waals surface area contributed by atoms with Crippen molar-refractivity contribution in [2.45, 2.75) is 45.1 Å². The first-order valence-corrected chi connectivity index (χ1v) is 9.72. The second kappa shape index (κ2) is 7.41. The first-order valence-electron chi connectivity index (χ1n) is 9.72. The van der Waals surface area contributed by atoms with Gasteiger partial charge in [0.2, 0.25) is 0 Å². The number of β-amino-alcohol motifs (C(OH)–C–C–N with tert-alkyl or cyclic N) is 1. The van der Waals surface area contributed by atoms with Crippen molar-refractivity contribution in [2.24, 2.45) is 5.92 Å². The molecule has 1 saturated heterocycles. The molecule has 2 heterocycles. The van der Waals surface area contributed by atoms with Crippen LogP contribution in [0.25, 0.3) is 11.0 Å². The molecule has 4 rings (SSSR count). The standard InChI is InChI=1S/C21H27NO4/c1-14-4-3-9-22(11-14)12-15(23)13-25-16-7-8-18-17-5-2-6-19(17)21(24)26-20(18)10-16/h7-8,10,14-15,23H,2-6,9,11-13H2,1H3/t14-,15+/m1/s1. The van der Waals surface area contributed by atoms with E-state index in [2.05, 4.69) is 11.8 Å². The second-order valence-corrected chi connectivity index (χ2v) is 7.83. The average Bonchev–Trinajstić information content (AvgIpc) is 3.10. The number of rotatable bonds is 5. The number of aryl methyl sites for hydroxylation is 1. The summed E-state index contributed by atoms with van der Waals surface area (Å²) in [6, 6.07) is 5.64.